The van der Waals surface area contributed by atoms with Crippen LogP contribution in [0.1, 0.15) is 11.1 Å². The van der Waals surface area contributed by atoms with Gasteiger partial charge in [0.15, 0.2) is 5.75 Å². The summed E-state index contributed by atoms with van der Waals surface area (Å²) in [6.07, 6.45) is 1.18. The molecule has 1 N–H and O–H groups in total. The molecule has 34 heavy (non-hydrogen) atoms. The quantitative estimate of drug-likeness (QED) is 0.195. The van der Waals surface area contributed by atoms with Crippen LogP contribution in [0.15, 0.2) is 104 Å². The second-order valence-electron chi connectivity index (χ2n) is 7.39. The zero-order valence-corrected chi connectivity index (χ0v) is 21.1. The molecule has 10 heteroatoms. The van der Waals surface area contributed by atoms with E-state index in [4.69, 9.17) is 4.18 Å². The predicted molar refractivity (Wildman–Crippen MR) is 135 cm³/mol. The highest BCUT2D eigenvalue weighted by Crippen LogP contribution is 2.26. The van der Waals surface area contributed by atoms with Gasteiger partial charge in [0.1, 0.15) is 4.90 Å². The maximum atomic E-state index is 12.7. The number of aryl methyl sites for hydroxylation is 1. The molecule has 0 spiro atoms. The summed E-state index contributed by atoms with van der Waals surface area (Å²) in [7, 11) is -8.04. The van der Waals surface area contributed by atoms with E-state index in [1.165, 1.54) is 30.5 Å². The number of nitrogens with zero attached hydrogens (tertiary/aromatic N) is 1. The maximum Gasteiger partial charge on any atom is 0.339 e. The van der Waals surface area contributed by atoms with Gasteiger partial charge in [0.2, 0.25) is 0 Å². The van der Waals surface area contributed by atoms with Crippen molar-refractivity contribution in [2.75, 3.05) is 0 Å². The smallest absolute Gasteiger partial charge is 0.339 e. The lowest BCUT2D eigenvalue weighted by molar-refractivity contribution is 0.485. The summed E-state index contributed by atoms with van der Waals surface area (Å²) in [5, 5.41) is 5.52. The first-order valence-corrected chi connectivity index (χ1v) is 13.7. The number of sulfonamides is 1. The molecule has 0 unspecified atom stereocenters. The molecule has 0 aliphatic rings. The minimum absolute atomic E-state index is 0.000847. The normalized spacial score (nSPS) is 12.2. The third-order valence-electron chi connectivity index (χ3n) is 4.89. The van der Waals surface area contributed by atoms with Gasteiger partial charge < -0.3 is 4.18 Å². The first-order chi connectivity index (χ1) is 16.1. The summed E-state index contributed by atoms with van der Waals surface area (Å²) >= 11 is 3.31. The Morgan fingerprint density at radius 3 is 2.24 bits per heavy atom. The van der Waals surface area contributed by atoms with Crippen molar-refractivity contribution in [1.82, 2.24) is 4.83 Å². The van der Waals surface area contributed by atoms with Gasteiger partial charge in [-0.25, -0.2) is 4.83 Å². The summed E-state index contributed by atoms with van der Waals surface area (Å²) in [6, 6.07) is 23.0. The van der Waals surface area contributed by atoms with Crippen LogP contribution in [0.4, 0.5) is 0 Å². The van der Waals surface area contributed by atoms with E-state index in [2.05, 4.69) is 25.9 Å². The number of hydrogen-bond donors (Lipinski definition) is 1. The summed E-state index contributed by atoms with van der Waals surface area (Å²) in [5.74, 6) is -0.00238. The number of benzene rings is 4. The summed E-state index contributed by atoms with van der Waals surface area (Å²) < 4.78 is 56.7. The number of rotatable bonds is 7. The first-order valence-electron chi connectivity index (χ1n) is 9.98. The summed E-state index contributed by atoms with van der Waals surface area (Å²) in [6.45, 7) is 1.85. The van der Waals surface area contributed by atoms with Crippen molar-refractivity contribution >= 4 is 53.1 Å². The Morgan fingerprint density at radius 1 is 0.824 bits per heavy atom. The minimum Gasteiger partial charge on any atom is -0.378 e. The second-order valence-corrected chi connectivity index (χ2v) is 11.5. The average Bonchev–Trinajstić information content (AvgIpc) is 2.80. The van der Waals surface area contributed by atoms with Gasteiger partial charge in [-0.2, -0.15) is 21.9 Å². The highest BCUT2D eigenvalue weighted by atomic mass is 79.9. The molecule has 0 atom stereocenters. The molecular weight excluding hydrogens is 540 g/mol. The molecule has 4 aromatic carbocycles. The topological polar surface area (TPSA) is 102 Å². The SMILES string of the molecule is Cc1ccc(S(=O)(=O)Oc2ccc(Br)cc2/C=N\NS(=O)(=O)c2ccc3ccccc3c2)cc1. The third-order valence-corrected chi connectivity index (χ3v) is 7.85. The Balaban J connectivity index is 1.58. The molecule has 7 nitrogen and oxygen atoms in total. The van der Waals surface area contributed by atoms with Crippen LogP contribution < -0.4 is 9.01 Å². The number of hydrazone groups is 1. The van der Waals surface area contributed by atoms with Gasteiger partial charge in [-0.05, 0) is 60.2 Å². The number of nitrogens with one attached hydrogen (secondary N) is 1. The lowest BCUT2D eigenvalue weighted by Crippen LogP contribution is -2.18. The van der Waals surface area contributed by atoms with Crippen LogP contribution in [0.2, 0.25) is 0 Å². The number of fused-ring (bicyclic) bond motifs is 1. The number of hydrogen-bond acceptors (Lipinski definition) is 6. The fourth-order valence-corrected chi connectivity index (χ4v) is 5.28. The van der Waals surface area contributed by atoms with E-state index in [-0.39, 0.29) is 21.1 Å². The van der Waals surface area contributed by atoms with Gasteiger partial charge in [0.25, 0.3) is 10.0 Å². The van der Waals surface area contributed by atoms with Crippen molar-refractivity contribution in [1.29, 1.82) is 0 Å². The van der Waals surface area contributed by atoms with Crippen molar-refractivity contribution in [2.24, 2.45) is 5.10 Å². The molecule has 0 aromatic heterocycles. The van der Waals surface area contributed by atoms with Crippen LogP contribution in [0.3, 0.4) is 0 Å². The van der Waals surface area contributed by atoms with Crippen LogP contribution in [-0.4, -0.2) is 23.1 Å². The van der Waals surface area contributed by atoms with Gasteiger partial charge >= 0.3 is 10.1 Å². The maximum absolute atomic E-state index is 12.7. The molecule has 0 saturated carbocycles. The monoisotopic (exact) mass is 558 g/mol. The third kappa shape index (κ3) is 5.46. The molecule has 174 valence electrons. The van der Waals surface area contributed by atoms with E-state index >= 15 is 0 Å². The van der Waals surface area contributed by atoms with Gasteiger partial charge in [0.05, 0.1) is 11.1 Å². The molecule has 0 aliphatic heterocycles. The fourth-order valence-electron chi connectivity index (χ4n) is 3.12. The molecule has 4 rings (SSSR count). The van der Waals surface area contributed by atoms with Crippen molar-refractivity contribution in [3.8, 4) is 5.75 Å². The van der Waals surface area contributed by atoms with Crippen LogP contribution in [0, 0.1) is 6.92 Å². The van der Waals surface area contributed by atoms with Gasteiger partial charge in [-0.1, -0.05) is 64.0 Å². The molecule has 0 heterocycles. The second kappa shape index (κ2) is 9.57. The molecular formula is C24H19BrN2O5S2. The fraction of sp³-hybridized carbons (Fsp3) is 0.0417. The Labute approximate surface area is 206 Å². The van der Waals surface area contributed by atoms with E-state index in [0.717, 1.165) is 16.3 Å². The highest BCUT2D eigenvalue weighted by Gasteiger charge is 2.19. The van der Waals surface area contributed by atoms with E-state index in [9.17, 15) is 16.8 Å². The molecule has 0 saturated heterocycles. The van der Waals surface area contributed by atoms with Gasteiger partial charge in [-0.15, -0.1) is 0 Å². The Kier molecular flexibility index (Phi) is 6.74. The molecule has 0 amide bonds. The van der Waals surface area contributed by atoms with Crippen molar-refractivity contribution in [3.63, 3.8) is 0 Å². The van der Waals surface area contributed by atoms with E-state index in [1.54, 1.807) is 36.4 Å². The largest absolute Gasteiger partial charge is 0.378 e. The Hall–Kier alpha value is -3.21. The van der Waals surface area contributed by atoms with Crippen molar-refractivity contribution in [2.45, 2.75) is 16.7 Å². The molecule has 0 fully saturated rings. The average molecular weight is 559 g/mol. The van der Waals surface area contributed by atoms with Crippen LogP contribution in [0.5, 0.6) is 5.75 Å². The van der Waals surface area contributed by atoms with Crippen LogP contribution in [0.25, 0.3) is 10.8 Å². The Morgan fingerprint density at radius 2 is 1.50 bits per heavy atom. The highest BCUT2D eigenvalue weighted by molar-refractivity contribution is 9.10. The molecule has 0 radical (unpaired) electrons. The van der Waals surface area contributed by atoms with E-state index < -0.39 is 20.1 Å². The van der Waals surface area contributed by atoms with E-state index in [1.807, 2.05) is 31.2 Å². The zero-order valence-electron chi connectivity index (χ0n) is 17.8. The summed E-state index contributed by atoms with van der Waals surface area (Å²) in [5.41, 5.74) is 1.17. The first kappa shape index (κ1) is 23.9. The van der Waals surface area contributed by atoms with Crippen molar-refractivity contribution in [3.05, 3.63) is 101 Å². The number of halogens is 1. The zero-order chi connectivity index (χ0) is 24.3. The Bertz CT molecular complexity index is 1600. The molecule has 0 aliphatic carbocycles. The standard InChI is InChI=1S/C24H19BrN2O5S2/c1-17-6-10-22(11-7-17)34(30,31)32-24-13-9-21(25)14-20(24)16-26-27-33(28,29)23-12-8-18-4-2-3-5-19(18)15-23/h2-16,27H,1H3/b26-16-. The lowest BCUT2D eigenvalue weighted by atomic mass is 10.1. The van der Waals surface area contributed by atoms with Gasteiger partial charge in [0, 0.05) is 10.0 Å². The molecule has 0 bridgehead atoms. The minimum atomic E-state index is -4.10. The van der Waals surface area contributed by atoms with Gasteiger partial charge in [-0.3, -0.25) is 0 Å². The predicted octanol–water partition coefficient (Wildman–Crippen LogP) is 4.99. The van der Waals surface area contributed by atoms with Crippen LogP contribution in [-0.2, 0) is 20.1 Å². The lowest BCUT2D eigenvalue weighted by Gasteiger charge is -2.10. The van der Waals surface area contributed by atoms with Crippen molar-refractivity contribution < 1.29 is 21.0 Å². The molecule has 4 aromatic rings. The summed E-state index contributed by atoms with van der Waals surface area (Å²) in [4.78, 5) is 2.21. The van der Waals surface area contributed by atoms with Crippen LogP contribution >= 0.6 is 15.9 Å². The van der Waals surface area contributed by atoms with E-state index in [0.29, 0.717) is 4.47 Å².